The summed E-state index contributed by atoms with van der Waals surface area (Å²) in [7, 11) is 1.63. The van der Waals surface area contributed by atoms with Gasteiger partial charge in [0.25, 0.3) is 5.91 Å². The number of nitrogens with zero attached hydrogens (tertiary/aromatic N) is 1. The summed E-state index contributed by atoms with van der Waals surface area (Å²) in [5.74, 6) is 1.31. The maximum absolute atomic E-state index is 13.1. The molecule has 4 rings (SSSR count). The lowest BCUT2D eigenvalue weighted by Gasteiger charge is -2.23. The van der Waals surface area contributed by atoms with Crippen LogP contribution in [0, 0.1) is 0 Å². The van der Waals surface area contributed by atoms with Crippen molar-refractivity contribution in [2.24, 2.45) is 0 Å². The van der Waals surface area contributed by atoms with Crippen molar-refractivity contribution in [3.63, 3.8) is 0 Å². The number of carbonyl (C=O) groups is 2. The van der Waals surface area contributed by atoms with Gasteiger partial charge in [0.2, 0.25) is 5.91 Å². The molecule has 1 aliphatic heterocycles. The molecule has 1 aromatic heterocycles. The summed E-state index contributed by atoms with van der Waals surface area (Å²) in [5.41, 5.74) is 2.54. The van der Waals surface area contributed by atoms with Crippen molar-refractivity contribution in [1.29, 1.82) is 0 Å². The van der Waals surface area contributed by atoms with E-state index in [-0.39, 0.29) is 11.8 Å². The number of nitrogens with one attached hydrogen (secondary N) is 1. The van der Waals surface area contributed by atoms with Crippen molar-refractivity contribution >= 4 is 28.8 Å². The Kier molecular flexibility index (Phi) is 6.75. The van der Waals surface area contributed by atoms with Crippen LogP contribution in [-0.2, 0) is 29.1 Å². The molecule has 0 aliphatic carbocycles. The maximum Gasteiger partial charge on any atom is 0.264 e. The Bertz CT molecular complexity index is 1100. The molecule has 2 amide bonds. The molecule has 32 heavy (non-hydrogen) atoms. The smallest absolute Gasteiger partial charge is 0.264 e. The van der Waals surface area contributed by atoms with Gasteiger partial charge in [-0.15, -0.1) is 11.3 Å². The van der Waals surface area contributed by atoms with E-state index in [4.69, 9.17) is 9.47 Å². The number of carbonyl (C=O) groups excluding carboxylic acids is 2. The second-order valence-corrected chi connectivity index (χ2v) is 8.72. The fourth-order valence-electron chi connectivity index (χ4n) is 3.75. The van der Waals surface area contributed by atoms with Crippen molar-refractivity contribution in [1.82, 2.24) is 4.90 Å². The highest BCUT2D eigenvalue weighted by molar-refractivity contribution is 7.10. The van der Waals surface area contributed by atoms with Crippen LogP contribution in [0.4, 0.5) is 5.69 Å². The highest BCUT2D eigenvalue weighted by Crippen LogP contribution is 2.30. The quantitative estimate of drug-likeness (QED) is 0.570. The van der Waals surface area contributed by atoms with Crippen LogP contribution in [0.1, 0.15) is 29.3 Å². The third kappa shape index (κ3) is 5.11. The Morgan fingerprint density at radius 2 is 2.09 bits per heavy atom. The third-order valence-corrected chi connectivity index (χ3v) is 6.23. The number of hydrogen-bond acceptors (Lipinski definition) is 5. The second-order valence-electron chi connectivity index (χ2n) is 7.69. The zero-order valence-electron chi connectivity index (χ0n) is 18.2. The topological polar surface area (TPSA) is 67.9 Å². The summed E-state index contributed by atoms with van der Waals surface area (Å²) in [4.78, 5) is 28.4. The van der Waals surface area contributed by atoms with Gasteiger partial charge in [0.15, 0.2) is 6.10 Å². The molecule has 0 fully saturated rings. The van der Waals surface area contributed by atoms with Crippen molar-refractivity contribution in [2.75, 3.05) is 12.4 Å². The van der Waals surface area contributed by atoms with Crippen LogP contribution in [0.15, 0.2) is 60.0 Å². The molecule has 0 saturated carbocycles. The van der Waals surface area contributed by atoms with E-state index in [1.54, 1.807) is 23.3 Å². The molecule has 3 aromatic rings. The Morgan fingerprint density at radius 1 is 1.22 bits per heavy atom. The fourth-order valence-corrected chi connectivity index (χ4v) is 4.45. The van der Waals surface area contributed by atoms with E-state index < -0.39 is 6.10 Å². The van der Waals surface area contributed by atoms with Crippen LogP contribution in [0.2, 0.25) is 0 Å². The van der Waals surface area contributed by atoms with E-state index in [0.717, 1.165) is 21.8 Å². The lowest BCUT2D eigenvalue weighted by molar-refractivity contribution is -0.139. The first-order valence-corrected chi connectivity index (χ1v) is 11.5. The first kappa shape index (κ1) is 21.9. The molecule has 1 aliphatic rings. The molecule has 7 heteroatoms. The van der Waals surface area contributed by atoms with Crippen LogP contribution in [-0.4, -0.2) is 29.9 Å². The van der Waals surface area contributed by atoms with Gasteiger partial charge in [-0.2, -0.15) is 0 Å². The van der Waals surface area contributed by atoms with Gasteiger partial charge < -0.3 is 19.7 Å². The number of hydrogen-bond donors (Lipinski definition) is 1. The molecule has 0 bridgehead atoms. The van der Waals surface area contributed by atoms with Gasteiger partial charge in [0.1, 0.15) is 11.5 Å². The first-order chi connectivity index (χ1) is 15.6. The van der Waals surface area contributed by atoms with E-state index in [1.165, 1.54) is 0 Å². The molecule has 0 radical (unpaired) electrons. The third-order valence-electron chi connectivity index (χ3n) is 5.36. The zero-order valence-corrected chi connectivity index (χ0v) is 19.0. The molecule has 6 nitrogen and oxygen atoms in total. The van der Waals surface area contributed by atoms with E-state index >= 15 is 0 Å². The number of thiophene rings is 1. The average Bonchev–Trinajstić information content (AvgIpc) is 3.26. The number of benzene rings is 2. The monoisotopic (exact) mass is 450 g/mol. The van der Waals surface area contributed by atoms with Gasteiger partial charge in [0, 0.05) is 29.2 Å². The summed E-state index contributed by atoms with van der Waals surface area (Å²) < 4.78 is 11.4. The highest BCUT2D eigenvalue weighted by atomic mass is 32.1. The number of methoxy groups -OCH3 is 1. The molecule has 1 unspecified atom stereocenters. The zero-order chi connectivity index (χ0) is 22.5. The van der Waals surface area contributed by atoms with Gasteiger partial charge in [-0.1, -0.05) is 25.1 Å². The molecule has 2 aromatic carbocycles. The molecule has 1 N–H and O–H groups in total. The maximum atomic E-state index is 13.1. The Balaban J connectivity index is 1.55. The van der Waals surface area contributed by atoms with Crippen molar-refractivity contribution in [3.05, 3.63) is 76.0 Å². The van der Waals surface area contributed by atoms with E-state index in [0.29, 0.717) is 37.4 Å². The Morgan fingerprint density at radius 3 is 2.84 bits per heavy atom. The fraction of sp³-hybridized carbons (Fsp3) is 0.280. The number of anilines is 1. The average molecular weight is 451 g/mol. The van der Waals surface area contributed by atoms with Crippen molar-refractivity contribution < 1.29 is 19.1 Å². The van der Waals surface area contributed by atoms with Gasteiger partial charge in [-0.05, 0) is 53.8 Å². The van der Waals surface area contributed by atoms with E-state index in [9.17, 15) is 9.59 Å². The SMILES string of the molecule is CCC1Oc2ccc(NC(=O)Cc3cccs3)cc2CN(Cc2cccc(OC)c2)C1=O. The summed E-state index contributed by atoms with van der Waals surface area (Å²) >= 11 is 1.56. The standard InChI is InChI=1S/C25H26N2O4S/c1-3-22-25(29)27(15-17-6-4-7-20(12-17)30-2)16-18-13-19(9-10-23(18)31-22)26-24(28)14-21-8-5-11-32-21/h4-13,22H,3,14-16H2,1-2H3,(H,26,28). The molecule has 2 heterocycles. The van der Waals surface area contributed by atoms with Crippen LogP contribution < -0.4 is 14.8 Å². The van der Waals surface area contributed by atoms with Gasteiger partial charge in [-0.25, -0.2) is 0 Å². The minimum absolute atomic E-state index is 0.0465. The largest absolute Gasteiger partial charge is 0.497 e. The Labute approximate surface area is 191 Å². The lowest BCUT2D eigenvalue weighted by atomic mass is 10.1. The Hall–Kier alpha value is -3.32. The normalized spacial score (nSPS) is 15.5. The first-order valence-electron chi connectivity index (χ1n) is 10.6. The summed E-state index contributed by atoms with van der Waals surface area (Å²) in [6, 6.07) is 17.1. The molecule has 0 saturated heterocycles. The number of ether oxygens (including phenoxy) is 2. The number of fused-ring (bicyclic) bond motifs is 1. The van der Waals surface area contributed by atoms with Crippen LogP contribution in [0.5, 0.6) is 11.5 Å². The van der Waals surface area contributed by atoms with Gasteiger partial charge in [0.05, 0.1) is 13.5 Å². The van der Waals surface area contributed by atoms with Crippen molar-refractivity contribution in [2.45, 2.75) is 39.0 Å². The van der Waals surface area contributed by atoms with E-state index in [2.05, 4.69) is 5.32 Å². The van der Waals surface area contributed by atoms with Crippen LogP contribution in [0.3, 0.4) is 0 Å². The summed E-state index contributed by atoms with van der Waals surface area (Å²) in [5, 5.41) is 4.92. The highest BCUT2D eigenvalue weighted by Gasteiger charge is 2.30. The predicted molar refractivity (Wildman–Crippen MR) is 125 cm³/mol. The number of rotatable bonds is 7. The molecule has 1 atom stereocenters. The van der Waals surface area contributed by atoms with Crippen molar-refractivity contribution in [3.8, 4) is 11.5 Å². The predicted octanol–water partition coefficient (Wildman–Crippen LogP) is 4.64. The van der Waals surface area contributed by atoms with Crippen LogP contribution in [0.25, 0.3) is 0 Å². The van der Waals surface area contributed by atoms with Gasteiger partial charge in [-0.3, -0.25) is 9.59 Å². The van der Waals surface area contributed by atoms with Crippen LogP contribution >= 0.6 is 11.3 Å². The lowest BCUT2D eigenvalue weighted by Crippen LogP contribution is -2.38. The van der Waals surface area contributed by atoms with Gasteiger partial charge >= 0.3 is 0 Å². The van der Waals surface area contributed by atoms with E-state index in [1.807, 2.05) is 66.9 Å². The summed E-state index contributed by atoms with van der Waals surface area (Å²) in [6.45, 7) is 2.79. The molecular formula is C25H26N2O4S. The number of amides is 2. The molecular weight excluding hydrogens is 424 g/mol. The minimum Gasteiger partial charge on any atom is -0.497 e. The minimum atomic E-state index is -0.541. The molecule has 166 valence electrons. The summed E-state index contributed by atoms with van der Waals surface area (Å²) in [6.07, 6.45) is 0.372. The molecule has 0 spiro atoms. The second kappa shape index (κ2) is 9.87.